The topological polar surface area (TPSA) is 65.9 Å². The number of nitrogens with zero attached hydrogens (tertiary/aromatic N) is 1. The fourth-order valence-electron chi connectivity index (χ4n) is 1.51. The second kappa shape index (κ2) is 3.46. The van der Waals surface area contributed by atoms with Crippen LogP contribution in [-0.2, 0) is 0 Å². The molecule has 0 aliphatic carbocycles. The van der Waals surface area contributed by atoms with E-state index >= 15 is 0 Å². The maximum Gasteiger partial charge on any atom is 0.153 e. The van der Waals surface area contributed by atoms with Gasteiger partial charge in [-0.25, -0.2) is 0 Å². The highest BCUT2D eigenvalue weighted by Gasteiger charge is 2.07. The van der Waals surface area contributed by atoms with E-state index in [1.54, 1.807) is 18.2 Å². The summed E-state index contributed by atoms with van der Waals surface area (Å²) >= 11 is 0. The van der Waals surface area contributed by atoms with Gasteiger partial charge in [0.2, 0.25) is 0 Å². The maximum atomic E-state index is 10.8. The molecule has 2 rings (SSSR count). The summed E-state index contributed by atoms with van der Waals surface area (Å²) in [6.07, 6.45) is 0.733. The van der Waals surface area contributed by atoms with Gasteiger partial charge in [-0.15, -0.1) is 0 Å². The Morgan fingerprint density at radius 2 is 2.27 bits per heavy atom. The van der Waals surface area contributed by atoms with Crippen LogP contribution in [0.5, 0.6) is 5.75 Å². The third-order valence-corrected chi connectivity index (χ3v) is 2.22. The van der Waals surface area contributed by atoms with Crippen LogP contribution in [0.2, 0.25) is 0 Å². The number of benzene rings is 1. The van der Waals surface area contributed by atoms with Gasteiger partial charge in [0.05, 0.1) is 18.2 Å². The van der Waals surface area contributed by atoms with E-state index in [9.17, 15) is 4.79 Å². The molecule has 1 aromatic carbocycles. The van der Waals surface area contributed by atoms with Crippen molar-refractivity contribution in [2.75, 3.05) is 7.11 Å². The van der Waals surface area contributed by atoms with Crippen molar-refractivity contribution in [2.24, 2.45) is 0 Å². The Balaban J connectivity index is 2.73. The number of hydrogen-bond donors (Lipinski definition) is 1. The third kappa shape index (κ3) is 1.44. The van der Waals surface area contributed by atoms with Crippen LogP contribution in [0, 0.1) is 11.3 Å². The number of aromatic amines is 1. The zero-order valence-corrected chi connectivity index (χ0v) is 8.07. The summed E-state index contributed by atoms with van der Waals surface area (Å²) in [5.41, 5.74) is 1.73. The van der Waals surface area contributed by atoms with Crippen LogP contribution in [0.1, 0.15) is 16.1 Å². The summed E-state index contributed by atoms with van der Waals surface area (Å²) in [5, 5.41) is 9.54. The number of ether oxygens (including phenoxy) is 1. The Hall–Kier alpha value is -2.28. The molecule has 4 heteroatoms. The minimum Gasteiger partial charge on any atom is -0.496 e. The standard InChI is InChI=1S/C11H8N2O2/c1-15-11-4-10-7(2-8(11)6-14)3-9(5-12)13-10/h2-4,6,13H,1H3. The van der Waals surface area contributed by atoms with E-state index in [-0.39, 0.29) is 0 Å². The maximum absolute atomic E-state index is 10.8. The first-order valence-corrected chi connectivity index (χ1v) is 4.34. The van der Waals surface area contributed by atoms with E-state index in [2.05, 4.69) is 4.98 Å². The van der Waals surface area contributed by atoms with Gasteiger partial charge in [0.1, 0.15) is 17.5 Å². The molecular weight excluding hydrogens is 192 g/mol. The number of nitrogens with one attached hydrogen (secondary N) is 1. The number of aldehydes is 1. The lowest BCUT2D eigenvalue weighted by Gasteiger charge is -2.02. The summed E-state index contributed by atoms with van der Waals surface area (Å²) in [4.78, 5) is 13.7. The number of nitriles is 1. The number of aromatic nitrogens is 1. The Labute approximate surface area is 86.1 Å². The molecule has 0 spiro atoms. The molecule has 0 saturated carbocycles. The highest BCUT2D eigenvalue weighted by Crippen LogP contribution is 2.24. The van der Waals surface area contributed by atoms with Crippen LogP contribution >= 0.6 is 0 Å². The number of fused-ring (bicyclic) bond motifs is 1. The number of methoxy groups -OCH3 is 1. The lowest BCUT2D eigenvalue weighted by Crippen LogP contribution is -1.89. The molecule has 1 aromatic heterocycles. The van der Waals surface area contributed by atoms with Crippen molar-refractivity contribution in [3.05, 3.63) is 29.5 Å². The fraction of sp³-hybridized carbons (Fsp3) is 0.0909. The number of rotatable bonds is 2. The van der Waals surface area contributed by atoms with Crippen LogP contribution in [-0.4, -0.2) is 18.4 Å². The molecular formula is C11H8N2O2. The minimum atomic E-state index is 0.468. The first-order chi connectivity index (χ1) is 7.28. The summed E-state index contributed by atoms with van der Waals surface area (Å²) in [6.45, 7) is 0. The highest BCUT2D eigenvalue weighted by molar-refractivity contribution is 5.91. The van der Waals surface area contributed by atoms with Gasteiger partial charge in [0.15, 0.2) is 6.29 Å². The second-order valence-corrected chi connectivity index (χ2v) is 3.09. The molecule has 0 unspecified atom stereocenters. The van der Waals surface area contributed by atoms with Crippen molar-refractivity contribution in [1.82, 2.24) is 4.98 Å². The molecule has 0 saturated heterocycles. The second-order valence-electron chi connectivity index (χ2n) is 3.09. The molecule has 0 bridgehead atoms. The normalized spacial score (nSPS) is 9.87. The highest BCUT2D eigenvalue weighted by atomic mass is 16.5. The molecule has 0 aliphatic heterocycles. The lowest BCUT2D eigenvalue weighted by atomic mass is 10.1. The Morgan fingerprint density at radius 1 is 1.47 bits per heavy atom. The summed E-state index contributed by atoms with van der Waals surface area (Å²) in [7, 11) is 1.50. The molecule has 1 heterocycles. The molecule has 0 radical (unpaired) electrons. The van der Waals surface area contributed by atoms with Crippen LogP contribution < -0.4 is 4.74 Å². The SMILES string of the molecule is COc1cc2[nH]c(C#N)cc2cc1C=O. The molecule has 2 aromatic rings. The van der Waals surface area contributed by atoms with Gasteiger partial charge in [-0.3, -0.25) is 4.79 Å². The lowest BCUT2D eigenvalue weighted by molar-refractivity contribution is 0.112. The number of hydrogen-bond acceptors (Lipinski definition) is 3. The van der Waals surface area contributed by atoms with Crippen molar-refractivity contribution < 1.29 is 9.53 Å². The summed E-state index contributed by atoms with van der Waals surface area (Å²) in [6, 6.07) is 7.10. The van der Waals surface area contributed by atoms with E-state index in [0.717, 1.165) is 17.2 Å². The minimum absolute atomic E-state index is 0.468. The van der Waals surface area contributed by atoms with Crippen LogP contribution in [0.4, 0.5) is 0 Å². The van der Waals surface area contributed by atoms with Crippen LogP contribution in [0.15, 0.2) is 18.2 Å². The van der Waals surface area contributed by atoms with Gasteiger partial charge in [-0.05, 0) is 12.1 Å². The van der Waals surface area contributed by atoms with Crippen molar-refractivity contribution in [2.45, 2.75) is 0 Å². The van der Waals surface area contributed by atoms with Crippen molar-refractivity contribution in [1.29, 1.82) is 5.26 Å². The largest absolute Gasteiger partial charge is 0.496 e. The number of H-pyrrole nitrogens is 1. The smallest absolute Gasteiger partial charge is 0.153 e. The average molecular weight is 200 g/mol. The summed E-state index contributed by atoms with van der Waals surface area (Å²) in [5.74, 6) is 0.504. The predicted molar refractivity (Wildman–Crippen MR) is 55.0 cm³/mol. The van der Waals surface area contributed by atoms with Gasteiger partial charge >= 0.3 is 0 Å². The van der Waals surface area contributed by atoms with Crippen molar-refractivity contribution in [3.8, 4) is 11.8 Å². The zero-order valence-electron chi connectivity index (χ0n) is 8.07. The van der Waals surface area contributed by atoms with E-state index in [4.69, 9.17) is 10.00 Å². The number of carbonyl (C=O) groups excluding carboxylic acids is 1. The monoisotopic (exact) mass is 200 g/mol. The van der Waals surface area contributed by atoms with Gasteiger partial charge in [-0.2, -0.15) is 5.26 Å². The van der Waals surface area contributed by atoms with Crippen molar-refractivity contribution >= 4 is 17.2 Å². The van der Waals surface area contributed by atoms with Gasteiger partial charge in [0, 0.05) is 11.5 Å². The summed E-state index contributed by atoms with van der Waals surface area (Å²) < 4.78 is 5.05. The van der Waals surface area contributed by atoms with E-state index in [1.165, 1.54) is 7.11 Å². The third-order valence-electron chi connectivity index (χ3n) is 2.22. The van der Waals surface area contributed by atoms with Crippen LogP contribution in [0.25, 0.3) is 10.9 Å². The van der Waals surface area contributed by atoms with Crippen LogP contribution in [0.3, 0.4) is 0 Å². The molecule has 4 nitrogen and oxygen atoms in total. The van der Waals surface area contributed by atoms with E-state index < -0.39 is 0 Å². The molecule has 0 amide bonds. The first kappa shape index (κ1) is 9.28. The molecule has 0 fully saturated rings. The molecule has 0 atom stereocenters. The van der Waals surface area contributed by atoms with Gasteiger partial charge < -0.3 is 9.72 Å². The molecule has 74 valence electrons. The Kier molecular flexibility index (Phi) is 2.14. The molecule has 1 N–H and O–H groups in total. The predicted octanol–water partition coefficient (Wildman–Crippen LogP) is 1.86. The van der Waals surface area contributed by atoms with Gasteiger partial charge in [-0.1, -0.05) is 0 Å². The first-order valence-electron chi connectivity index (χ1n) is 4.34. The molecule has 0 aliphatic rings. The Morgan fingerprint density at radius 3 is 2.87 bits per heavy atom. The molecule has 15 heavy (non-hydrogen) atoms. The average Bonchev–Trinajstić information content (AvgIpc) is 2.68. The van der Waals surface area contributed by atoms with Crippen molar-refractivity contribution in [3.63, 3.8) is 0 Å². The Bertz CT molecular complexity index is 564. The number of carbonyl (C=O) groups is 1. The zero-order chi connectivity index (χ0) is 10.8. The van der Waals surface area contributed by atoms with E-state index in [1.807, 2.05) is 6.07 Å². The fourth-order valence-corrected chi connectivity index (χ4v) is 1.51. The van der Waals surface area contributed by atoms with E-state index in [0.29, 0.717) is 17.0 Å². The quantitative estimate of drug-likeness (QED) is 0.752. The van der Waals surface area contributed by atoms with Gasteiger partial charge in [0.25, 0.3) is 0 Å².